The van der Waals surface area contributed by atoms with Crippen LogP contribution in [-0.2, 0) is 4.79 Å². The van der Waals surface area contributed by atoms with Crippen LogP contribution >= 0.6 is 0 Å². The highest BCUT2D eigenvalue weighted by Gasteiger charge is 2.33. The Hall–Kier alpha value is -0.370. The molecule has 70 valence electrons. The van der Waals surface area contributed by atoms with Gasteiger partial charge in [-0.05, 0) is 20.0 Å². The van der Waals surface area contributed by atoms with E-state index in [0.717, 1.165) is 19.5 Å². The molecule has 0 aromatic rings. The van der Waals surface area contributed by atoms with Gasteiger partial charge in [0.1, 0.15) is 5.78 Å². The van der Waals surface area contributed by atoms with E-state index in [-0.39, 0.29) is 11.3 Å². The lowest BCUT2D eigenvalue weighted by Crippen LogP contribution is -2.29. The van der Waals surface area contributed by atoms with Gasteiger partial charge in [-0.25, -0.2) is 0 Å². The summed E-state index contributed by atoms with van der Waals surface area (Å²) in [5.41, 5.74) is -0.157. The van der Waals surface area contributed by atoms with Gasteiger partial charge in [0, 0.05) is 17.9 Å². The van der Waals surface area contributed by atoms with E-state index in [1.807, 2.05) is 20.8 Å². The standard InChI is InChI=1S/C10H19NO/c1-10(2,3)9(12)8-5-6-11(4)7-8/h8H,5-7H2,1-4H3. The molecule has 1 fully saturated rings. The Labute approximate surface area is 74.9 Å². The van der Waals surface area contributed by atoms with Crippen molar-refractivity contribution < 1.29 is 4.79 Å². The van der Waals surface area contributed by atoms with Crippen molar-refractivity contribution in [2.75, 3.05) is 20.1 Å². The second-order valence-electron chi connectivity index (χ2n) is 4.86. The zero-order valence-corrected chi connectivity index (χ0v) is 8.55. The van der Waals surface area contributed by atoms with Crippen LogP contribution < -0.4 is 0 Å². The van der Waals surface area contributed by atoms with E-state index in [1.165, 1.54) is 0 Å². The van der Waals surface area contributed by atoms with Crippen LogP contribution in [0.2, 0.25) is 0 Å². The van der Waals surface area contributed by atoms with Gasteiger partial charge < -0.3 is 4.90 Å². The van der Waals surface area contributed by atoms with E-state index < -0.39 is 0 Å². The fraction of sp³-hybridized carbons (Fsp3) is 0.900. The summed E-state index contributed by atoms with van der Waals surface area (Å²) in [4.78, 5) is 14.0. The van der Waals surface area contributed by atoms with Gasteiger partial charge in [-0.3, -0.25) is 4.79 Å². The molecule has 0 N–H and O–H groups in total. The summed E-state index contributed by atoms with van der Waals surface area (Å²) < 4.78 is 0. The first kappa shape index (κ1) is 9.72. The van der Waals surface area contributed by atoms with Crippen LogP contribution in [0.25, 0.3) is 0 Å². The molecule has 0 bridgehead atoms. The largest absolute Gasteiger partial charge is 0.306 e. The molecular weight excluding hydrogens is 150 g/mol. The molecule has 0 saturated carbocycles. The predicted molar refractivity (Wildman–Crippen MR) is 50.1 cm³/mol. The molecule has 1 saturated heterocycles. The quantitative estimate of drug-likeness (QED) is 0.593. The van der Waals surface area contributed by atoms with Crippen LogP contribution in [-0.4, -0.2) is 30.8 Å². The first-order valence-corrected chi connectivity index (χ1v) is 4.64. The van der Waals surface area contributed by atoms with Crippen LogP contribution in [0.1, 0.15) is 27.2 Å². The van der Waals surface area contributed by atoms with E-state index >= 15 is 0 Å². The summed E-state index contributed by atoms with van der Waals surface area (Å²) in [5, 5.41) is 0. The SMILES string of the molecule is CN1CCC(C(=O)C(C)(C)C)C1. The van der Waals surface area contributed by atoms with Crippen LogP contribution in [0.15, 0.2) is 0 Å². The summed E-state index contributed by atoms with van der Waals surface area (Å²) in [6.07, 6.45) is 1.05. The third-order valence-corrected chi connectivity index (χ3v) is 2.50. The normalized spacial score (nSPS) is 26.2. The topological polar surface area (TPSA) is 20.3 Å². The molecule has 0 amide bonds. The Kier molecular flexibility index (Phi) is 2.57. The molecule has 1 aliphatic heterocycles. The summed E-state index contributed by atoms with van der Waals surface area (Å²) >= 11 is 0. The highest BCUT2D eigenvalue weighted by Crippen LogP contribution is 2.25. The van der Waals surface area contributed by atoms with Crippen molar-refractivity contribution in [3.8, 4) is 0 Å². The summed E-state index contributed by atoms with van der Waals surface area (Å²) in [7, 11) is 2.08. The third-order valence-electron chi connectivity index (χ3n) is 2.50. The minimum atomic E-state index is -0.157. The molecule has 1 aliphatic rings. The first-order chi connectivity index (χ1) is 5.41. The number of nitrogens with zero attached hydrogens (tertiary/aromatic N) is 1. The molecule has 1 heterocycles. The van der Waals surface area contributed by atoms with Gasteiger partial charge in [0.2, 0.25) is 0 Å². The van der Waals surface area contributed by atoms with E-state index in [1.54, 1.807) is 0 Å². The smallest absolute Gasteiger partial charge is 0.142 e. The highest BCUT2D eigenvalue weighted by molar-refractivity contribution is 5.86. The van der Waals surface area contributed by atoms with Crippen molar-refractivity contribution in [3.63, 3.8) is 0 Å². The fourth-order valence-corrected chi connectivity index (χ4v) is 1.76. The zero-order valence-electron chi connectivity index (χ0n) is 8.55. The van der Waals surface area contributed by atoms with Crippen LogP contribution in [0.5, 0.6) is 0 Å². The van der Waals surface area contributed by atoms with Gasteiger partial charge in [0.15, 0.2) is 0 Å². The van der Waals surface area contributed by atoms with Crippen molar-refractivity contribution >= 4 is 5.78 Å². The van der Waals surface area contributed by atoms with Crippen LogP contribution in [0.3, 0.4) is 0 Å². The molecule has 2 heteroatoms. The second-order valence-corrected chi connectivity index (χ2v) is 4.86. The Balaban J connectivity index is 2.55. The van der Waals surface area contributed by atoms with Crippen LogP contribution in [0, 0.1) is 11.3 Å². The minimum absolute atomic E-state index is 0.157. The average Bonchev–Trinajstić information content (AvgIpc) is 2.32. The lowest BCUT2D eigenvalue weighted by atomic mass is 9.83. The fourth-order valence-electron chi connectivity index (χ4n) is 1.76. The number of hydrogen-bond acceptors (Lipinski definition) is 2. The molecule has 1 atom stereocenters. The van der Waals surface area contributed by atoms with Gasteiger partial charge in [-0.15, -0.1) is 0 Å². The van der Waals surface area contributed by atoms with E-state index in [0.29, 0.717) is 5.78 Å². The predicted octanol–water partition coefficient (Wildman–Crippen LogP) is 1.55. The lowest BCUT2D eigenvalue weighted by molar-refractivity contribution is -0.129. The van der Waals surface area contributed by atoms with E-state index in [4.69, 9.17) is 0 Å². The van der Waals surface area contributed by atoms with Crippen molar-refractivity contribution in [2.45, 2.75) is 27.2 Å². The molecular formula is C10H19NO. The summed E-state index contributed by atoms with van der Waals surface area (Å²) in [5.74, 6) is 0.710. The minimum Gasteiger partial charge on any atom is -0.306 e. The number of ketones is 1. The maximum absolute atomic E-state index is 11.8. The average molecular weight is 169 g/mol. The monoisotopic (exact) mass is 169 g/mol. The number of hydrogen-bond donors (Lipinski definition) is 0. The Morgan fingerprint density at radius 1 is 1.42 bits per heavy atom. The number of carbonyl (C=O) groups excluding carboxylic acids is 1. The van der Waals surface area contributed by atoms with Crippen molar-refractivity contribution in [3.05, 3.63) is 0 Å². The number of likely N-dealkylation sites (tertiary alicyclic amines) is 1. The first-order valence-electron chi connectivity index (χ1n) is 4.64. The summed E-state index contributed by atoms with van der Waals surface area (Å²) in [6, 6.07) is 0. The molecule has 0 aromatic carbocycles. The van der Waals surface area contributed by atoms with Crippen molar-refractivity contribution in [1.82, 2.24) is 4.90 Å². The number of carbonyl (C=O) groups is 1. The Morgan fingerprint density at radius 2 is 2.00 bits per heavy atom. The van der Waals surface area contributed by atoms with Gasteiger partial charge in [0.05, 0.1) is 0 Å². The van der Waals surface area contributed by atoms with Gasteiger partial charge in [0.25, 0.3) is 0 Å². The van der Waals surface area contributed by atoms with Crippen molar-refractivity contribution in [2.24, 2.45) is 11.3 Å². The molecule has 12 heavy (non-hydrogen) atoms. The maximum atomic E-state index is 11.8. The maximum Gasteiger partial charge on any atom is 0.142 e. The molecule has 0 spiro atoms. The van der Waals surface area contributed by atoms with Crippen molar-refractivity contribution in [1.29, 1.82) is 0 Å². The van der Waals surface area contributed by atoms with Gasteiger partial charge in [-0.1, -0.05) is 20.8 Å². The molecule has 0 aliphatic carbocycles. The van der Waals surface area contributed by atoms with E-state index in [9.17, 15) is 4.79 Å². The molecule has 1 rings (SSSR count). The van der Waals surface area contributed by atoms with Gasteiger partial charge in [-0.2, -0.15) is 0 Å². The Bertz CT molecular complexity index is 181. The zero-order chi connectivity index (χ0) is 9.35. The van der Waals surface area contributed by atoms with E-state index in [2.05, 4.69) is 11.9 Å². The Morgan fingerprint density at radius 3 is 2.33 bits per heavy atom. The molecule has 2 nitrogen and oxygen atoms in total. The molecule has 0 radical (unpaired) electrons. The third kappa shape index (κ3) is 2.07. The van der Waals surface area contributed by atoms with Gasteiger partial charge >= 0.3 is 0 Å². The molecule has 0 aromatic heterocycles. The number of Topliss-reactive ketones (excluding diaryl/α,β-unsaturated/α-hetero) is 1. The molecule has 1 unspecified atom stereocenters. The lowest BCUT2D eigenvalue weighted by Gasteiger charge is -2.21. The number of rotatable bonds is 1. The van der Waals surface area contributed by atoms with Crippen LogP contribution in [0.4, 0.5) is 0 Å². The second kappa shape index (κ2) is 3.17. The highest BCUT2D eigenvalue weighted by atomic mass is 16.1. The summed E-state index contributed by atoms with van der Waals surface area (Å²) in [6.45, 7) is 8.05.